The minimum Gasteiger partial charge on any atom is -0.318 e. The van der Waals surface area contributed by atoms with E-state index in [1.807, 2.05) is 11.3 Å². The standard InChI is InChI=1S/C17H23N3S/c1-4-20(13-10-8-12(2)9-11-13)17-19-15-7-5-6-14(18-3)16(15)21-17/h8-11,14,18H,4-7H2,1-3H3. The van der Waals surface area contributed by atoms with Crippen molar-refractivity contribution >= 4 is 22.2 Å². The first-order chi connectivity index (χ1) is 10.2. The number of nitrogens with zero attached hydrogens (tertiary/aromatic N) is 2. The highest BCUT2D eigenvalue weighted by molar-refractivity contribution is 7.15. The summed E-state index contributed by atoms with van der Waals surface area (Å²) in [7, 11) is 2.05. The Labute approximate surface area is 131 Å². The van der Waals surface area contributed by atoms with Gasteiger partial charge in [-0.15, -0.1) is 0 Å². The minimum atomic E-state index is 0.483. The third-order valence-corrected chi connectivity index (χ3v) is 5.41. The van der Waals surface area contributed by atoms with Crippen molar-refractivity contribution in [2.24, 2.45) is 0 Å². The van der Waals surface area contributed by atoms with E-state index in [0.29, 0.717) is 6.04 Å². The number of fused-ring (bicyclic) bond motifs is 1. The molecule has 21 heavy (non-hydrogen) atoms. The molecule has 0 bridgehead atoms. The minimum absolute atomic E-state index is 0.483. The molecule has 2 aromatic rings. The second kappa shape index (κ2) is 6.16. The molecular formula is C17H23N3S. The summed E-state index contributed by atoms with van der Waals surface area (Å²) in [4.78, 5) is 8.67. The van der Waals surface area contributed by atoms with E-state index in [-0.39, 0.29) is 0 Å². The molecule has 112 valence electrons. The molecule has 1 aliphatic carbocycles. The van der Waals surface area contributed by atoms with Crippen LogP contribution < -0.4 is 10.2 Å². The van der Waals surface area contributed by atoms with Gasteiger partial charge in [-0.2, -0.15) is 0 Å². The topological polar surface area (TPSA) is 28.2 Å². The van der Waals surface area contributed by atoms with E-state index in [9.17, 15) is 0 Å². The summed E-state index contributed by atoms with van der Waals surface area (Å²) in [6.07, 6.45) is 3.58. The second-order valence-corrected chi connectivity index (χ2v) is 6.63. The summed E-state index contributed by atoms with van der Waals surface area (Å²) in [5, 5.41) is 4.56. The van der Waals surface area contributed by atoms with E-state index in [1.54, 1.807) is 0 Å². The Morgan fingerprint density at radius 3 is 2.76 bits per heavy atom. The normalized spacial score (nSPS) is 17.6. The van der Waals surface area contributed by atoms with Crippen molar-refractivity contribution in [3.63, 3.8) is 0 Å². The van der Waals surface area contributed by atoms with Crippen LogP contribution in [0.5, 0.6) is 0 Å². The van der Waals surface area contributed by atoms with Crippen LogP contribution >= 0.6 is 11.3 Å². The number of hydrogen-bond donors (Lipinski definition) is 1. The molecule has 0 fully saturated rings. The van der Waals surface area contributed by atoms with Crippen LogP contribution in [0.25, 0.3) is 0 Å². The molecule has 1 aromatic heterocycles. The van der Waals surface area contributed by atoms with E-state index in [0.717, 1.165) is 18.1 Å². The van der Waals surface area contributed by atoms with Crippen LogP contribution in [0, 0.1) is 6.92 Å². The zero-order chi connectivity index (χ0) is 14.8. The van der Waals surface area contributed by atoms with Crippen LogP contribution in [-0.4, -0.2) is 18.6 Å². The zero-order valence-electron chi connectivity index (χ0n) is 13.0. The van der Waals surface area contributed by atoms with Crippen LogP contribution in [0.2, 0.25) is 0 Å². The maximum Gasteiger partial charge on any atom is 0.190 e. The lowest BCUT2D eigenvalue weighted by atomic mass is 9.98. The highest BCUT2D eigenvalue weighted by Crippen LogP contribution is 2.39. The van der Waals surface area contributed by atoms with Crippen LogP contribution in [0.3, 0.4) is 0 Å². The quantitative estimate of drug-likeness (QED) is 0.917. The maximum atomic E-state index is 4.92. The van der Waals surface area contributed by atoms with Crippen molar-refractivity contribution in [3.05, 3.63) is 40.4 Å². The fourth-order valence-corrected chi connectivity index (χ4v) is 4.29. The van der Waals surface area contributed by atoms with E-state index < -0.39 is 0 Å². The molecule has 0 radical (unpaired) electrons. The molecule has 3 nitrogen and oxygen atoms in total. The van der Waals surface area contributed by atoms with E-state index in [1.165, 1.54) is 34.7 Å². The Hall–Kier alpha value is -1.39. The van der Waals surface area contributed by atoms with Gasteiger partial charge in [-0.05, 0) is 52.3 Å². The Morgan fingerprint density at radius 1 is 1.33 bits per heavy atom. The molecule has 0 spiro atoms. The summed E-state index contributed by atoms with van der Waals surface area (Å²) in [5.74, 6) is 0. The van der Waals surface area contributed by atoms with E-state index in [2.05, 4.69) is 55.4 Å². The SMILES string of the molecule is CCN(c1ccc(C)cc1)c1nc2c(s1)C(NC)CCC2. The molecule has 1 unspecified atom stereocenters. The first-order valence-electron chi connectivity index (χ1n) is 7.74. The first-order valence-corrected chi connectivity index (χ1v) is 8.55. The summed E-state index contributed by atoms with van der Waals surface area (Å²) in [5.41, 5.74) is 3.82. The molecule has 0 aliphatic heterocycles. The Kier molecular flexibility index (Phi) is 4.27. The molecule has 3 rings (SSSR count). The largest absolute Gasteiger partial charge is 0.318 e. The lowest BCUT2D eigenvalue weighted by Gasteiger charge is -2.20. The number of aromatic nitrogens is 1. The Bertz CT molecular complexity index is 603. The van der Waals surface area contributed by atoms with E-state index >= 15 is 0 Å². The lowest BCUT2D eigenvalue weighted by Crippen LogP contribution is -2.19. The van der Waals surface area contributed by atoms with Gasteiger partial charge in [-0.25, -0.2) is 4.98 Å². The predicted molar refractivity (Wildman–Crippen MR) is 90.7 cm³/mol. The number of hydrogen-bond acceptors (Lipinski definition) is 4. The highest BCUT2D eigenvalue weighted by atomic mass is 32.1. The fraction of sp³-hybridized carbons (Fsp3) is 0.471. The average Bonchev–Trinajstić information content (AvgIpc) is 2.93. The maximum absolute atomic E-state index is 4.92. The smallest absolute Gasteiger partial charge is 0.190 e. The Balaban J connectivity index is 1.95. The lowest BCUT2D eigenvalue weighted by molar-refractivity contribution is 0.501. The van der Waals surface area contributed by atoms with Crippen molar-refractivity contribution in [1.82, 2.24) is 10.3 Å². The predicted octanol–water partition coefficient (Wildman–Crippen LogP) is 4.21. The van der Waals surface area contributed by atoms with Gasteiger partial charge in [0.1, 0.15) is 0 Å². The second-order valence-electron chi connectivity index (χ2n) is 5.62. The number of benzene rings is 1. The highest BCUT2D eigenvalue weighted by Gasteiger charge is 2.25. The molecule has 0 saturated heterocycles. The van der Waals surface area contributed by atoms with Gasteiger partial charge in [0.15, 0.2) is 5.13 Å². The number of thiazole rings is 1. The molecule has 1 N–H and O–H groups in total. The van der Waals surface area contributed by atoms with Crippen LogP contribution in [0.1, 0.15) is 41.9 Å². The Morgan fingerprint density at radius 2 is 2.10 bits per heavy atom. The van der Waals surface area contributed by atoms with Gasteiger partial charge in [-0.3, -0.25) is 0 Å². The van der Waals surface area contributed by atoms with Crippen LogP contribution in [0.4, 0.5) is 10.8 Å². The first kappa shape index (κ1) is 14.5. The molecule has 0 saturated carbocycles. The summed E-state index contributed by atoms with van der Waals surface area (Å²) in [6, 6.07) is 9.20. The van der Waals surface area contributed by atoms with Gasteiger partial charge >= 0.3 is 0 Å². The third-order valence-electron chi connectivity index (χ3n) is 4.18. The summed E-state index contributed by atoms with van der Waals surface area (Å²) >= 11 is 1.85. The number of aryl methyl sites for hydroxylation is 2. The number of rotatable bonds is 4. The number of anilines is 2. The summed E-state index contributed by atoms with van der Waals surface area (Å²) < 4.78 is 0. The third kappa shape index (κ3) is 2.83. The van der Waals surface area contributed by atoms with Crippen molar-refractivity contribution < 1.29 is 0 Å². The zero-order valence-corrected chi connectivity index (χ0v) is 13.8. The fourth-order valence-electron chi connectivity index (χ4n) is 2.95. The summed E-state index contributed by atoms with van der Waals surface area (Å²) in [6.45, 7) is 5.26. The molecule has 1 heterocycles. The molecular weight excluding hydrogens is 278 g/mol. The van der Waals surface area contributed by atoms with Gasteiger partial charge in [0.05, 0.1) is 5.69 Å². The molecule has 1 aromatic carbocycles. The van der Waals surface area contributed by atoms with Gasteiger partial charge in [0.2, 0.25) is 0 Å². The van der Waals surface area contributed by atoms with Gasteiger partial charge in [-0.1, -0.05) is 29.0 Å². The monoisotopic (exact) mass is 301 g/mol. The van der Waals surface area contributed by atoms with Gasteiger partial charge < -0.3 is 10.2 Å². The number of nitrogens with one attached hydrogen (secondary N) is 1. The van der Waals surface area contributed by atoms with Crippen LogP contribution in [0.15, 0.2) is 24.3 Å². The average molecular weight is 301 g/mol. The van der Waals surface area contributed by atoms with Gasteiger partial charge in [0, 0.05) is 23.2 Å². The van der Waals surface area contributed by atoms with Crippen molar-refractivity contribution in [3.8, 4) is 0 Å². The van der Waals surface area contributed by atoms with Crippen molar-refractivity contribution in [1.29, 1.82) is 0 Å². The molecule has 4 heteroatoms. The molecule has 1 atom stereocenters. The van der Waals surface area contributed by atoms with E-state index in [4.69, 9.17) is 4.98 Å². The van der Waals surface area contributed by atoms with Crippen LogP contribution in [-0.2, 0) is 6.42 Å². The molecule has 0 amide bonds. The van der Waals surface area contributed by atoms with Crippen molar-refractivity contribution in [2.45, 2.75) is 39.2 Å². The van der Waals surface area contributed by atoms with Gasteiger partial charge in [0.25, 0.3) is 0 Å². The van der Waals surface area contributed by atoms with Crippen molar-refractivity contribution in [2.75, 3.05) is 18.5 Å². The molecule has 1 aliphatic rings.